The predicted molar refractivity (Wildman–Crippen MR) is 91.8 cm³/mol. The van der Waals surface area contributed by atoms with E-state index in [9.17, 15) is 4.79 Å². The molecule has 118 valence electrons. The van der Waals surface area contributed by atoms with Crippen LogP contribution in [-0.4, -0.2) is 37.3 Å². The second-order valence-electron chi connectivity index (χ2n) is 4.97. The number of nitrogens with zero attached hydrogens (tertiary/aromatic N) is 1. The van der Waals surface area contributed by atoms with E-state index in [1.165, 1.54) is 0 Å². The Bertz CT molecular complexity index is 417. The number of hydrogen-bond donors (Lipinski definition) is 1. The lowest BCUT2D eigenvalue weighted by molar-refractivity contribution is -0.122. The number of hydrogen-bond acceptors (Lipinski definition) is 2. The molecule has 0 bridgehead atoms. The van der Waals surface area contributed by atoms with Gasteiger partial charge in [-0.2, -0.15) is 0 Å². The van der Waals surface area contributed by atoms with Crippen molar-refractivity contribution in [3.8, 4) is 0 Å². The summed E-state index contributed by atoms with van der Waals surface area (Å²) in [5.74, 6) is 1.06. The van der Waals surface area contributed by atoms with Gasteiger partial charge in [-0.05, 0) is 31.0 Å². The normalized spacial score (nSPS) is 12.0. The van der Waals surface area contributed by atoms with E-state index in [0.717, 1.165) is 37.3 Å². The quantitative estimate of drug-likeness (QED) is 0.701. The maximum atomic E-state index is 12.0. The molecule has 1 rings (SSSR count). The van der Waals surface area contributed by atoms with Crippen molar-refractivity contribution in [2.75, 3.05) is 36.3 Å². The summed E-state index contributed by atoms with van der Waals surface area (Å²) in [6.07, 6.45) is 0.948. The van der Waals surface area contributed by atoms with E-state index in [1.54, 1.807) is 0 Å². The van der Waals surface area contributed by atoms with Crippen LogP contribution in [0.3, 0.4) is 0 Å². The SMILES string of the molecule is CCCNC(=O)C(C)c1ccc(N(CCCl)CCCl)cc1. The molecule has 5 heteroatoms. The number of benzene rings is 1. The molecule has 0 fully saturated rings. The average Bonchev–Trinajstić information content (AvgIpc) is 2.52. The lowest BCUT2D eigenvalue weighted by Gasteiger charge is -2.23. The highest BCUT2D eigenvalue weighted by Gasteiger charge is 2.15. The van der Waals surface area contributed by atoms with Gasteiger partial charge in [0.15, 0.2) is 0 Å². The Labute approximate surface area is 137 Å². The zero-order chi connectivity index (χ0) is 15.7. The van der Waals surface area contributed by atoms with Gasteiger partial charge in [-0.3, -0.25) is 4.79 Å². The van der Waals surface area contributed by atoms with E-state index in [4.69, 9.17) is 23.2 Å². The van der Waals surface area contributed by atoms with E-state index in [1.807, 2.05) is 38.1 Å². The third-order valence-electron chi connectivity index (χ3n) is 3.41. The monoisotopic (exact) mass is 330 g/mol. The summed E-state index contributed by atoms with van der Waals surface area (Å²) in [6.45, 7) is 6.22. The standard InChI is InChI=1S/C16H24Cl2N2O/c1-3-10-19-16(21)13(2)14-4-6-15(7-5-14)20(11-8-17)12-9-18/h4-7,13H,3,8-12H2,1-2H3,(H,19,21). The zero-order valence-corrected chi connectivity index (χ0v) is 14.3. The first kappa shape index (κ1) is 18.1. The molecule has 0 saturated carbocycles. The first-order valence-corrected chi connectivity index (χ1v) is 8.45. The molecule has 0 saturated heterocycles. The van der Waals surface area contributed by atoms with Crippen LogP contribution in [0.5, 0.6) is 0 Å². The lowest BCUT2D eigenvalue weighted by Crippen LogP contribution is -2.29. The Balaban J connectivity index is 2.73. The third-order valence-corrected chi connectivity index (χ3v) is 3.75. The van der Waals surface area contributed by atoms with Gasteiger partial charge in [-0.25, -0.2) is 0 Å². The second-order valence-corrected chi connectivity index (χ2v) is 5.73. The van der Waals surface area contributed by atoms with Gasteiger partial charge in [-0.15, -0.1) is 23.2 Å². The fourth-order valence-corrected chi connectivity index (χ4v) is 2.51. The summed E-state index contributed by atoms with van der Waals surface area (Å²) in [7, 11) is 0. The Morgan fingerprint density at radius 1 is 1.19 bits per heavy atom. The van der Waals surface area contributed by atoms with Gasteiger partial charge < -0.3 is 10.2 Å². The molecular formula is C16H24Cl2N2O. The number of carbonyl (C=O) groups excluding carboxylic acids is 1. The number of nitrogens with one attached hydrogen (secondary N) is 1. The minimum absolute atomic E-state index is 0.0722. The van der Waals surface area contributed by atoms with Crippen LogP contribution in [0.25, 0.3) is 0 Å². The summed E-state index contributed by atoms with van der Waals surface area (Å²) in [5, 5.41) is 2.92. The van der Waals surface area contributed by atoms with Gasteiger partial charge in [0.1, 0.15) is 0 Å². The molecule has 0 aliphatic rings. The van der Waals surface area contributed by atoms with Crippen molar-refractivity contribution in [1.82, 2.24) is 5.32 Å². The molecule has 0 aromatic heterocycles. The summed E-state index contributed by atoms with van der Waals surface area (Å²) < 4.78 is 0. The molecule has 0 spiro atoms. The first-order valence-electron chi connectivity index (χ1n) is 7.38. The minimum atomic E-state index is -0.139. The number of carbonyl (C=O) groups is 1. The molecule has 21 heavy (non-hydrogen) atoms. The Morgan fingerprint density at radius 2 is 1.76 bits per heavy atom. The number of halogens is 2. The van der Waals surface area contributed by atoms with Crippen molar-refractivity contribution >= 4 is 34.8 Å². The maximum absolute atomic E-state index is 12.0. The fourth-order valence-electron chi connectivity index (χ4n) is 2.10. The molecule has 3 nitrogen and oxygen atoms in total. The van der Waals surface area contributed by atoms with Crippen LogP contribution in [0, 0.1) is 0 Å². The Morgan fingerprint density at radius 3 is 2.24 bits per heavy atom. The second kappa shape index (κ2) is 9.91. The summed E-state index contributed by atoms with van der Waals surface area (Å²) >= 11 is 11.6. The van der Waals surface area contributed by atoms with Crippen molar-refractivity contribution in [3.05, 3.63) is 29.8 Å². The van der Waals surface area contributed by atoms with Crippen molar-refractivity contribution in [1.29, 1.82) is 0 Å². The summed E-state index contributed by atoms with van der Waals surface area (Å²) in [5.41, 5.74) is 2.10. The molecule has 0 aliphatic carbocycles. The molecule has 1 N–H and O–H groups in total. The van der Waals surface area contributed by atoms with Crippen LogP contribution >= 0.6 is 23.2 Å². The summed E-state index contributed by atoms with van der Waals surface area (Å²) in [6, 6.07) is 8.05. The fraction of sp³-hybridized carbons (Fsp3) is 0.562. The molecule has 1 aromatic carbocycles. The van der Waals surface area contributed by atoms with Gasteiger partial charge in [0, 0.05) is 37.1 Å². The Hall–Kier alpha value is -0.930. The van der Waals surface area contributed by atoms with E-state index in [0.29, 0.717) is 11.8 Å². The van der Waals surface area contributed by atoms with Gasteiger partial charge in [0.2, 0.25) is 5.91 Å². The highest BCUT2D eigenvalue weighted by atomic mass is 35.5. The molecule has 0 aliphatic heterocycles. The maximum Gasteiger partial charge on any atom is 0.227 e. The number of alkyl halides is 2. The smallest absolute Gasteiger partial charge is 0.227 e. The van der Waals surface area contributed by atoms with E-state index in [2.05, 4.69) is 10.2 Å². The minimum Gasteiger partial charge on any atom is -0.369 e. The first-order chi connectivity index (χ1) is 10.1. The van der Waals surface area contributed by atoms with Crippen molar-refractivity contribution in [2.24, 2.45) is 0 Å². The van der Waals surface area contributed by atoms with Gasteiger partial charge in [-0.1, -0.05) is 19.1 Å². The Kier molecular flexibility index (Phi) is 8.55. The van der Waals surface area contributed by atoms with E-state index in [-0.39, 0.29) is 11.8 Å². The molecule has 1 amide bonds. The lowest BCUT2D eigenvalue weighted by atomic mass is 10.00. The number of amides is 1. The highest BCUT2D eigenvalue weighted by molar-refractivity contribution is 6.18. The highest BCUT2D eigenvalue weighted by Crippen LogP contribution is 2.21. The van der Waals surface area contributed by atoms with Crippen LogP contribution in [0.4, 0.5) is 5.69 Å². The van der Waals surface area contributed by atoms with Gasteiger partial charge in [0.25, 0.3) is 0 Å². The van der Waals surface area contributed by atoms with Gasteiger partial charge >= 0.3 is 0 Å². The van der Waals surface area contributed by atoms with Crippen molar-refractivity contribution < 1.29 is 4.79 Å². The van der Waals surface area contributed by atoms with Crippen LogP contribution in [-0.2, 0) is 4.79 Å². The predicted octanol–water partition coefficient (Wildman–Crippen LogP) is 3.60. The van der Waals surface area contributed by atoms with Crippen molar-refractivity contribution in [3.63, 3.8) is 0 Å². The number of anilines is 1. The van der Waals surface area contributed by atoms with Crippen LogP contribution < -0.4 is 10.2 Å². The molecule has 0 radical (unpaired) electrons. The van der Waals surface area contributed by atoms with Gasteiger partial charge in [0.05, 0.1) is 5.92 Å². The molecule has 1 unspecified atom stereocenters. The van der Waals surface area contributed by atoms with Crippen LogP contribution in [0.2, 0.25) is 0 Å². The van der Waals surface area contributed by atoms with Crippen molar-refractivity contribution in [2.45, 2.75) is 26.2 Å². The third kappa shape index (κ3) is 5.76. The van der Waals surface area contributed by atoms with Crippen LogP contribution in [0.15, 0.2) is 24.3 Å². The molecule has 1 atom stereocenters. The van der Waals surface area contributed by atoms with E-state index < -0.39 is 0 Å². The van der Waals surface area contributed by atoms with E-state index >= 15 is 0 Å². The average molecular weight is 331 g/mol. The largest absolute Gasteiger partial charge is 0.369 e. The topological polar surface area (TPSA) is 32.3 Å². The number of rotatable bonds is 9. The summed E-state index contributed by atoms with van der Waals surface area (Å²) in [4.78, 5) is 14.1. The molecular weight excluding hydrogens is 307 g/mol. The van der Waals surface area contributed by atoms with Crippen LogP contribution in [0.1, 0.15) is 31.7 Å². The zero-order valence-electron chi connectivity index (χ0n) is 12.7. The molecule has 1 aromatic rings. The molecule has 0 heterocycles.